The highest BCUT2D eigenvalue weighted by molar-refractivity contribution is 6.13. The molecule has 0 radical (unpaired) electrons. The van der Waals surface area contributed by atoms with E-state index >= 15 is 0 Å². The zero-order valence-electron chi connectivity index (χ0n) is 23.4. The molecular weight excluding hydrogens is 494 g/mol. The Kier molecular flexibility index (Phi) is 8.90. The zero-order chi connectivity index (χ0) is 27.2. The summed E-state index contributed by atoms with van der Waals surface area (Å²) < 4.78 is 8.15. The van der Waals surface area contributed by atoms with Gasteiger partial charge in [-0.25, -0.2) is 4.79 Å². The van der Waals surface area contributed by atoms with Crippen LogP contribution in [0.15, 0.2) is 30.3 Å². The largest absolute Gasteiger partial charge is 0.461 e. The predicted molar refractivity (Wildman–Crippen MR) is 152 cm³/mol. The molecule has 1 saturated heterocycles. The SMILES string of the molecule is CC[C@@]12C=C(C(=O)OCCCCCCCCCCCO[N+](=O)[O-])n3c4c(c5ccccc53)CCN(CCC1)[C@H]42. The van der Waals surface area contributed by atoms with E-state index in [4.69, 9.17) is 4.74 Å². The second-order valence-corrected chi connectivity index (χ2v) is 11.5. The molecule has 1 aromatic carbocycles. The third-order valence-electron chi connectivity index (χ3n) is 9.18. The molecule has 0 saturated carbocycles. The number of carbonyl (C=O) groups excluding carboxylic acids is 1. The van der Waals surface area contributed by atoms with Crippen LogP contribution in [0.3, 0.4) is 0 Å². The highest BCUT2D eigenvalue weighted by Crippen LogP contribution is 2.57. The first-order valence-corrected chi connectivity index (χ1v) is 15.1. The number of aromatic nitrogens is 1. The molecule has 0 unspecified atom stereocenters. The summed E-state index contributed by atoms with van der Waals surface area (Å²) in [6, 6.07) is 8.91. The van der Waals surface area contributed by atoms with Gasteiger partial charge in [0.05, 0.1) is 24.8 Å². The summed E-state index contributed by atoms with van der Waals surface area (Å²) in [6.45, 7) is 5.17. The van der Waals surface area contributed by atoms with Crippen molar-refractivity contribution in [3.8, 4) is 0 Å². The van der Waals surface area contributed by atoms with E-state index in [0.717, 1.165) is 88.5 Å². The van der Waals surface area contributed by atoms with Crippen LogP contribution in [-0.2, 0) is 20.8 Å². The van der Waals surface area contributed by atoms with Crippen LogP contribution in [0, 0.1) is 15.5 Å². The number of rotatable bonds is 15. The molecule has 8 heteroatoms. The highest BCUT2D eigenvalue weighted by atomic mass is 16.9. The predicted octanol–water partition coefficient (Wildman–Crippen LogP) is 6.85. The number of para-hydroxylation sites is 1. The second-order valence-electron chi connectivity index (χ2n) is 11.5. The summed E-state index contributed by atoms with van der Waals surface area (Å²) in [6.07, 6.45) is 16.0. The van der Waals surface area contributed by atoms with Gasteiger partial charge in [0.2, 0.25) is 0 Å². The number of unbranched alkanes of at least 4 members (excludes halogenated alkanes) is 8. The van der Waals surface area contributed by atoms with E-state index in [1.54, 1.807) is 0 Å². The van der Waals surface area contributed by atoms with Crippen LogP contribution in [0.25, 0.3) is 16.6 Å². The maximum absolute atomic E-state index is 13.6. The molecule has 1 aromatic heterocycles. The Bertz CT molecular complexity index is 1200. The van der Waals surface area contributed by atoms with E-state index in [1.807, 2.05) is 0 Å². The third-order valence-corrected chi connectivity index (χ3v) is 9.18. The molecule has 1 fully saturated rings. The molecule has 39 heavy (non-hydrogen) atoms. The maximum Gasteiger partial charge on any atom is 0.355 e. The highest BCUT2D eigenvalue weighted by Gasteiger charge is 2.51. The summed E-state index contributed by atoms with van der Waals surface area (Å²) >= 11 is 0. The van der Waals surface area contributed by atoms with E-state index < -0.39 is 5.09 Å². The van der Waals surface area contributed by atoms with Gasteiger partial charge in [-0.2, -0.15) is 0 Å². The summed E-state index contributed by atoms with van der Waals surface area (Å²) in [5.74, 6) is -0.186. The molecule has 0 aliphatic carbocycles. The van der Waals surface area contributed by atoms with Gasteiger partial charge in [0.25, 0.3) is 5.09 Å². The molecule has 0 bridgehead atoms. The lowest BCUT2D eigenvalue weighted by atomic mass is 9.66. The Morgan fingerprint density at radius 1 is 1.03 bits per heavy atom. The van der Waals surface area contributed by atoms with Crippen molar-refractivity contribution in [1.29, 1.82) is 0 Å². The van der Waals surface area contributed by atoms with Crippen molar-refractivity contribution < 1.29 is 19.5 Å². The Morgan fingerprint density at radius 2 is 1.72 bits per heavy atom. The van der Waals surface area contributed by atoms with E-state index in [1.165, 1.54) is 35.9 Å². The molecular formula is C31H43N3O5. The number of hydrogen-bond donors (Lipinski definition) is 0. The normalized spacial score (nSPS) is 21.9. The molecule has 0 spiro atoms. The number of ether oxygens (including phenoxy) is 1. The summed E-state index contributed by atoms with van der Waals surface area (Å²) in [4.78, 5) is 30.7. The van der Waals surface area contributed by atoms with E-state index in [9.17, 15) is 14.9 Å². The minimum atomic E-state index is -0.723. The van der Waals surface area contributed by atoms with Gasteiger partial charge in [0.15, 0.2) is 0 Å². The van der Waals surface area contributed by atoms with Crippen molar-refractivity contribution >= 4 is 22.6 Å². The number of hydrogen-bond acceptors (Lipinski definition) is 6. The third kappa shape index (κ3) is 5.72. The summed E-state index contributed by atoms with van der Waals surface area (Å²) in [7, 11) is 0. The lowest BCUT2D eigenvalue weighted by molar-refractivity contribution is -0.757. The van der Waals surface area contributed by atoms with Gasteiger partial charge in [-0.3, -0.25) is 4.90 Å². The van der Waals surface area contributed by atoms with E-state index in [-0.39, 0.29) is 18.0 Å². The van der Waals surface area contributed by atoms with Gasteiger partial charge < -0.3 is 14.1 Å². The molecule has 5 rings (SSSR count). The van der Waals surface area contributed by atoms with Gasteiger partial charge in [0.1, 0.15) is 5.70 Å². The van der Waals surface area contributed by atoms with Gasteiger partial charge in [0, 0.05) is 23.0 Å². The zero-order valence-corrected chi connectivity index (χ0v) is 23.4. The smallest absolute Gasteiger partial charge is 0.355 e. The van der Waals surface area contributed by atoms with Gasteiger partial charge in [-0.05, 0) is 62.8 Å². The van der Waals surface area contributed by atoms with Crippen LogP contribution in [-0.4, -0.2) is 46.8 Å². The Morgan fingerprint density at radius 3 is 2.44 bits per heavy atom. The van der Waals surface area contributed by atoms with Crippen molar-refractivity contribution in [2.75, 3.05) is 26.3 Å². The molecule has 3 aliphatic rings. The fourth-order valence-corrected chi connectivity index (χ4v) is 7.25. The fourth-order valence-electron chi connectivity index (χ4n) is 7.25. The first kappa shape index (κ1) is 27.7. The van der Waals surface area contributed by atoms with E-state index in [0.29, 0.717) is 12.6 Å². The van der Waals surface area contributed by atoms with Crippen molar-refractivity contribution in [3.63, 3.8) is 0 Å². The van der Waals surface area contributed by atoms with Crippen molar-refractivity contribution in [1.82, 2.24) is 9.47 Å². The standard InChI is InChI=1S/C31H43N3O5/c1-2-31-18-14-19-32-20-17-25-24-15-10-11-16-26(24)33(28(25)29(31)32)27(23-31)30(35)38-21-12-8-6-4-3-5-7-9-13-22-39-34(36)37/h10-11,15-16,23,29H,2-9,12-14,17-22H2,1H3/t29-,31+/m1/s1. The molecule has 2 aromatic rings. The van der Waals surface area contributed by atoms with Crippen molar-refractivity contribution in [3.05, 3.63) is 51.7 Å². The minimum absolute atomic E-state index is 0.00833. The molecule has 2 atom stereocenters. The van der Waals surface area contributed by atoms with Crippen molar-refractivity contribution in [2.24, 2.45) is 5.41 Å². The minimum Gasteiger partial charge on any atom is -0.461 e. The lowest BCUT2D eigenvalue weighted by Crippen LogP contribution is -2.51. The number of esters is 1. The van der Waals surface area contributed by atoms with Crippen LogP contribution in [0.4, 0.5) is 0 Å². The van der Waals surface area contributed by atoms with Gasteiger partial charge in [-0.15, -0.1) is 10.1 Å². The molecule has 8 nitrogen and oxygen atoms in total. The topological polar surface area (TPSA) is 86.8 Å². The number of nitrogens with zero attached hydrogens (tertiary/aromatic N) is 3. The number of carbonyl (C=O) groups is 1. The molecule has 212 valence electrons. The first-order valence-electron chi connectivity index (χ1n) is 15.1. The fraction of sp³-hybridized carbons (Fsp3) is 0.645. The van der Waals surface area contributed by atoms with Crippen LogP contribution >= 0.6 is 0 Å². The molecule has 3 aliphatic heterocycles. The Labute approximate surface area is 231 Å². The van der Waals surface area contributed by atoms with Gasteiger partial charge >= 0.3 is 5.97 Å². The average molecular weight is 538 g/mol. The monoisotopic (exact) mass is 537 g/mol. The maximum atomic E-state index is 13.6. The number of piperidine rings is 1. The molecule has 0 amide bonds. The van der Waals surface area contributed by atoms with Crippen LogP contribution < -0.4 is 0 Å². The Hall–Kier alpha value is -2.87. The summed E-state index contributed by atoms with van der Waals surface area (Å²) in [5, 5.41) is 10.7. The lowest BCUT2D eigenvalue weighted by Gasteiger charge is -2.53. The number of benzene rings is 1. The Balaban J connectivity index is 1.15. The average Bonchev–Trinajstić information content (AvgIpc) is 3.29. The second kappa shape index (κ2) is 12.5. The van der Waals surface area contributed by atoms with Crippen LogP contribution in [0.2, 0.25) is 0 Å². The van der Waals surface area contributed by atoms with Gasteiger partial charge in [-0.1, -0.05) is 70.1 Å². The van der Waals surface area contributed by atoms with Crippen LogP contribution in [0.5, 0.6) is 0 Å². The molecule has 0 N–H and O–H groups in total. The van der Waals surface area contributed by atoms with E-state index in [2.05, 4.69) is 51.6 Å². The quantitative estimate of drug-likeness (QED) is 0.107. The number of fused-ring (bicyclic) bond motifs is 3. The van der Waals surface area contributed by atoms with Crippen LogP contribution in [0.1, 0.15) is 101 Å². The molecule has 4 heterocycles. The summed E-state index contributed by atoms with van der Waals surface area (Å²) in [5.41, 5.74) is 4.61. The van der Waals surface area contributed by atoms with Crippen molar-refractivity contribution in [2.45, 2.75) is 96.4 Å². The first-order chi connectivity index (χ1) is 19.1.